The molecule has 3 aromatic rings. The number of carbonyl (C=O) groups excluding carboxylic acids is 3. The van der Waals surface area contributed by atoms with E-state index in [1.54, 1.807) is 35.5 Å². The average Bonchev–Trinajstić information content (AvgIpc) is 3.47. The number of benzene rings is 2. The van der Waals surface area contributed by atoms with Gasteiger partial charge in [0.1, 0.15) is 5.82 Å². The average molecular weight is 453 g/mol. The Morgan fingerprint density at radius 2 is 1.91 bits per heavy atom. The van der Waals surface area contributed by atoms with E-state index >= 15 is 0 Å². The van der Waals surface area contributed by atoms with Crippen LogP contribution in [0.3, 0.4) is 0 Å². The van der Waals surface area contributed by atoms with Crippen molar-refractivity contribution in [3.05, 3.63) is 70.0 Å². The molecule has 164 valence electrons. The molecule has 0 radical (unpaired) electrons. The summed E-state index contributed by atoms with van der Waals surface area (Å²) in [7, 11) is 1.50. The fraction of sp³-hybridized carbons (Fsp3) is 0.217. The Morgan fingerprint density at radius 3 is 2.50 bits per heavy atom. The summed E-state index contributed by atoms with van der Waals surface area (Å²) >= 11 is 1.34. The number of hydrogen-bond donors (Lipinski definition) is 2. The molecule has 2 aromatic carbocycles. The maximum absolute atomic E-state index is 14.6. The molecule has 4 rings (SSSR count). The molecule has 0 saturated heterocycles. The number of rotatable bonds is 6. The number of thiazole rings is 1. The first-order valence-corrected chi connectivity index (χ1v) is 10.9. The molecule has 1 aliphatic carbocycles. The summed E-state index contributed by atoms with van der Waals surface area (Å²) in [6.07, 6.45) is 3.32. The van der Waals surface area contributed by atoms with Crippen LogP contribution < -0.4 is 16.0 Å². The largest absolute Gasteiger partial charge is 0.366 e. The second kappa shape index (κ2) is 8.51. The van der Waals surface area contributed by atoms with Crippen molar-refractivity contribution in [3.8, 4) is 11.1 Å². The molecule has 3 amide bonds. The molecule has 1 aromatic heterocycles. The van der Waals surface area contributed by atoms with Gasteiger partial charge in [-0.15, -0.1) is 11.3 Å². The van der Waals surface area contributed by atoms with E-state index in [1.165, 1.54) is 30.5 Å². The Balaban J connectivity index is 1.92. The summed E-state index contributed by atoms with van der Waals surface area (Å²) in [6, 6.07) is 7.21. The van der Waals surface area contributed by atoms with Crippen molar-refractivity contribution < 1.29 is 18.8 Å². The van der Waals surface area contributed by atoms with Gasteiger partial charge in [0.15, 0.2) is 5.13 Å². The van der Waals surface area contributed by atoms with E-state index < -0.39 is 11.7 Å². The Kier molecular flexibility index (Phi) is 5.75. The number of primary amides is 1. The topological polar surface area (TPSA) is 105 Å². The van der Waals surface area contributed by atoms with Crippen LogP contribution in [0.4, 0.5) is 9.52 Å². The first-order chi connectivity index (χ1) is 15.3. The molecule has 1 saturated carbocycles. The fourth-order valence-corrected chi connectivity index (χ4v) is 4.26. The molecule has 1 heterocycles. The van der Waals surface area contributed by atoms with Crippen LogP contribution in [-0.4, -0.2) is 35.8 Å². The van der Waals surface area contributed by atoms with Crippen LogP contribution in [0, 0.1) is 12.7 Å². The molecule has 1 fully saturated rings. The number of halogens is 1. The molecule has 0 unspecified atom stereocenters. The second-order valence-corrected chi connectivity index (χ2v) is 8.43. The zero-order valence-electron chi connectivity index (χ0n) is 17.5. The Hall–Kier alpha value is -3.59. The Morgan fingerprint density at radius 1 is 1.16 bits per heavy atom. The van der Waals surface area contributed by atoms with Crippen molar-refractivity contribution in [2.24, 2.45) is 5.73 Å². The third kappa shape index (κ3) is 3.99. The molecule has 0 spiro atoms. The highest BCUT2D eigenvalue weighted by atomic mass is 32.1. The van der Waals surface area contributed by atoms with Gasteiger partial charge < -0.3 is 11.1 Å². The van der Waals surface area contributed by atoms with Crippen LogP contribution in [0.2, 0.25) is 0 Å². The molecule has 0 bridgehead atoms. The predicted octanol–water partition coefficient (Wildman–Crippen LogP) is 3.53. The van der Waals surface area contributed by atoms with E-state index in [9.17, 15) is 18.8 Å². The van der Waals surface area contributed by atoms with E-state index in [2.05, 4.69) is 10.3 Å². The van der Waals surface area contributed by atoms with Crippen molar-refractivity contribution in [1.82, 2.24) is 10.3 Å². The Labute approximate surface area is 188 Å². The lowest BCUT2D eigenvalue weighted by Gasteiger charge is -2.22. The summed E-state index contributed by atoms with van der Waals surface area (Å²) in [5.41, 5.74) is 6.92. The monoisotopic (exact) mass is 452 g/mol. The van der Waals surface area contributed by atoms with Crippen LogP contribution in [-0.2, 0) is 0 Å². The number of nitrogens with zero attached hydrogens (tertiary/aromatic N) is 2. The summed E-state index contributed by atoms with van der Waals surface area (Å²) in [6.45, 7) is 1.57. The molecule has 32 heavy (non-hydrogen) atoms. The number of hydrogen-bond acceptors (Lipinski definition) is 5. The van der Waals surface area contributed by atoms with Gasteiger partial charge in [0.25, 0.3) is 11.8 Å². The SMILES string of the molecule is CNC(=O)c1ccc(-c2cc(C(N)=O)cc(F)c2C)c(C(=O)N(c2nccs2)C2CC2)c1. The van der Waals surface area contributed by atoms with Gasteiger partial charge in [-0.1, -0.05) is 6.07 Å². The molecule has 0 atom stereocenters. The number of aromatic nitrogens is 1. The van der Waals surface area contributed by atoms with E-state index in [-0.39, 0.29) is 34.5 Å². The summed E-state index contributed by atoms with van der Waals surface area (Å²) in [5.74, 6) is -2.08. The predicted molar refractivity (Wildman–Crippen MR) is 120 cm³/mol. The van der Waals surface area contributed by atoms with Gasteiger partial charge >= 0.3 is 0 Å². The summed E-state index contributed by atoms with van der Waals surface area (Å²) in [5, 5.41) is 4.89. The van der Waals surface area contributed by atoms with Gasteiger partial charge in [-0.3, -0.25) is 19.3 Å². The standard InChI is InChI=1S/C23H21FN4O3S/c1-12-17(10-14(20(25)29)11-19(12)24)16-6-3-13(21(30)26-2)9-18(16)22(31)28(15-4-5-15)23-27-7-8-32-23/h3,6-11,15H,4-5H2,1-2H3,(H2,25,29)(H,26,30). The maximum Gasteiger partial charge on any atom is 0.260 e. The number of nitrogens with one attached hydrogen (secondary N) is 1. The minimum Gasteiger partial charge on any atom is -0.366 e. The van der Waals surface area contributed by atoms with Gasteiger partial charge in [-0.05, 0) is 60.7 Å². The van der Waals surface area contributed by atoms with Gasteiger partial charge in [0.2, 0.25) is 5.91 Å². The quantitative estimate of drug-likeness (QED) is 0.597. The van der Waals surface area contributed by atoms with Gasteiger partial charge in [0.05, 0.1) is 0 Å². The zero-order chi connectivity index (χ0) is 23.0. The van der Waals surface area contributed by atoms with Crippen molar-refractivity contribution in [1.29, 1.82) is 0 Å². The highest BCUT2D eigenvalue weighted by Gasteiger charge is 2.37. The molecular formula is C23H21FN4O3S. The van der Waals surface area contributed by atoms with E-state index in [4.69, 9.17) is 5.73 Å². The van der Waals surface area contributed by atoms with Crippen molar-refractivity contribution >= 4 is 34.2 Å². The minimum absolute atomic E-state index is 0.00384. The number of anilines is 1. The van der Waals surface area contributed by atoms with Crippen molar-refractivity contribution in [2.45, 2.75) is 25.8 Å². The molecule has 9 heteroatoms. The van der Waals surface area contributed by atoms with Crippen LogP contribution in [0.15, 0.2) is 41.9 Å². The lowest BCUT2D eigenvalue weighted by atomic mass is 9.91. The second-order valence-electron chi connectivity index (χ2n) is 7.56. The smallest absolute Gasteiger partial charge is 0.260 e. The number of amides is 3. The highest BCUT2D eigenvalue weighted by molar-refractivity contribution is 7.13. The lowest BCUT2D eigenvalue weighted by Crippen LogP contribution is -2.33. The fourth-order valence-electron chi connectivity index (χ4n) is 3.55. The van der Waals surface area contributed by atoms with Crippen LogP contribution in [0.5, 0.6) is 0 Å². The normalized spacial score (nSPS) is 13.0. The zero-order valence-corrected chi connectivity index (χ0v) is 18.3. The van der Waals surface area contributed by atoms with Crippen LogP contribution >= 0.6 is 11.3 Å². The third-order valence-corrected chi connectivity index (χ3v) is 6.19. The highest BCUT2D eigenvalue weighted by Crippen LogP contribution is 2.37. The minimum atomic E-state index is -0.776. The van der Waals surface area contributed by atoms with E-state index in [0.717, 1.165) is 18.9 Å². The first-order valence-electron chi connectivity index (χ1n) is 10.0. The molecule has 7 nitrogen and oxygen atoms in total. The van der Waals surface area contributed by atoms with Gasteiger partial charge in [-0.25, -0.2) is 9.37 Å². The van der Waals surface area contributed by atoms with Crippen molar-refractivity contribution in [3.63, 3.8) is 0 Å². The molecule has 0 aliphatic heterocycles. The summed E-state index contributed by atoms with van der Waals surface area (Å²) in [4.78, 5) is 43.7. The molecule has 3 N–H and O–H groups in total. The van der Waals surface area contributed by atoms with Gasteiger partial charge in [0, 0.05) is 41.4 Å². The summed E-state index contributed by atoms with van der Waals surface area (Å²) < 4.78 is 14.6. The number of carbonyl (C=O) groups is 3. The van der Waals surface area contributed by atoms with Crippen molar-refractivity contribution in [2.75, 3.05) is 11.9 Å². The lowest BCUT2D eigenvalue weighted by molar-refractivity contribution is 0.0961. The first kappa shape index (κ1) is 21.6. The molecule has 1 aliphatic rings. The van der Waals surface area contributed by atoms with E-state index in [1.807, 2.05) is 0 Å². The molecular weight excluding hydrogens is 431 g/mol. The van der Waals surface area contributed by atoms with E-state index in [0.29, 0.717) is 21.8 Å². The number of nitrogens with two attached hydrogens (primary N) is 1. The van der Waals surface area contributed by atoms with Crippen LogP contribution in [0.25, 0.3) is 11.1 Å². The maximum atomic E-state index is 14.6. The third-order valence-electron chi connectivity index (χ3n) is 5.41. The Bertz CT molecular complexity index is 1220. The van der Waals surface area contributed by atoms with Gasteiger partial charge in [-0.2, -0.15) is 0 Å². The van der Waals surface area contributed by atoms with Crippen LogP contribution in [0.1, 0.15) is 49.5 Å².